The van der Waals surface area contributed by atoms with Gasteiger partial charge in [0.25, 0.3) is 0 Å². The lowest BCUT2D eigenvalue weighted by atomic mass is 10.0. The van der Waals surface area contributed by atoms with Crippen LogP contribution in [0.2, 0.25) is 0 Å². The van der Waals surface area contributed by atoms with Crippen LogP contribution in [0.1, 0.15) is 43.4 Å². The lowest BCUT2D eigenvalue weighted by Gasteiger charge is -2.35. The van der Waals surface area contributed by atoms with Crippen molar-refractivity contribution in [1.82, 2.24) is 4.98 Å². The van der Waals surface area contributed by atoms with Crippen molar-refractivity contribution in [2.45, 2.75) is 51.4 Å². The highest BCUT2D eigenvalue weighted by Crippen LogP contribution is 2.38. The van der Waals surface area contributed by atoms with Crippen molar-refractivity contribution in [3.05, 3.63) is 10.6 Å². The standard InChI is InChI=1S/C13H20N2O2S/c1-8-6-15(7-9(2)17-8)13-14-10-4-3-5-11(16)12(10)18-13/h8-9,11,16H,3-7H2,1-2H3. The van der Waals surface area contributed by atoms with Crippen molar-refractivity contribution in [3.63, 3.8) is 0 Å². The Morgan fingerprint density at radius 2 is 2.06 bits per heavy atom. The number of aromatic nitrogens is 1. The first-order chi connectivity index (χ1) is 8.63. The summed E-state index contributed by atoms with van der Waals surface area (Å²) >= 11 is 1.66. The molecule has 0 radical (unpaired) electrons. The van der Waals surface area contributed by atoms with E-state index in [-0.39, 0.29) is 18.3 Å². The molecule has 5 heteroatoms. The summed E-state index contributed by atoms with van der Waals surface area (Å²) in [7, 11) is 0. The summed E-state index contributed by atoms with van der Waals surface area (Å²) in [5.41, 5.74) is 1.11. The van der Waals surface area contributed by atoms with Gasteiger partial charge in [-0.2, -0.15) is 0 Å². The summed E-state index contributed by atoms with van der Waals surface area (Å²) < 4.78 is 5.75. The van der Waals surface area contributed by atoms with Gasteiger partial charge in [-0.15, -0.1) is 0 Å². The van der Waals surface area contributed by atoms with E-state index in [0.717, 1.165) is 48.1 Å². The molecular weight excluding hydrogens is 248 g/mol. The highest BCUT2D eigenvalue weighted by atomic mass is 32.1. The van der Waals surface area contributed by atoms with E-state index in [2.05, 4.69) is 18.7 Å². The normalized spacial score (nSPS) is 32.4. The van der Waals surface area contributed by atoms with E-state index >= 15 is 0 Å². The number of aliphatic hydroxyl groups excluding tert-OH is 1. The van der Waals surface area contributed by atoms with Gasteiger partial charge in [-0.3, -0.25) is 0 Å². The highest BCUT2D eigenvalue weighted by Gasteiger charge is 2.28. The van der Waals surface area contributed by atoms with Crippen LogP contribution in [-0.4, -0.2) is 35.4 Å². The second-order valence-corrected chi connectivity index (χ2v) is 6.39. The summed E-state index contributed by atoms with van der Waals surface area (Å²) in [6, 6.07) is 0. The van der Waals surface area contributed by atoms with Gasteiger partial charge < -0.3 is 14.7 Å². The van der Waals surface area contributed by atoms with E-state index in [1.807, 2.05) is 0 Å². The topological polar surface area (TPSA) is 45.6 Å². The molecule has 100 valence electrons. The number of rotatable bonds is 1. The van der Waals surface area contributed by atoms with Gasteiger partial charge in [-0.25, -0.2) is 4.98 Å². The number of aryl methyl sites for hydroxylation is 1. The summed E-state index contributed by atoms with van der Waals surface area (Å²) in [6.45, 7) is 6.00. The molecule has 1 aromatic heterocycles. The van der Waals surface area contributed by atoms with Gasteiger partial charge in [0.2, 0.25) is 0 Å². The summed E-state index contributed by atoms with van der Waals surface area (Å²) in [5.74, 6) is 0. The number of anilines is 1. The average molecular weight is 268 g/mol. The highest BCUT2D eigenvalue weighted by molar-refractivity contribution is 7.15. The maximum Gasteiger partial charge on any atom is 0.186 e. The van der Waals surface area contributed by atoms with Gasteiger partial charge >= 0.3 is 0 Å². The van der Waals surface area contributed by atoms with Gasteiger partial charge in [-0.05, 0) is 33.1 Å². The molecule has 1 saturated heterocycles. The van der Waals surface area contributed by atoms with Crippen molar-refractivity contribution in [3.8, 4) is 0 Å². The molecule has 0 spiro atoms. The first-order valence-electron chi connectivity index (χ1n) is 6.71. The third kappa shape index (κ3) is 2.27. The van der Waals surface area contributed by atoms with Crippen LogP contribution in [0, 0.1) is 0 Å². The Bertz CT molecular complexity index is 425. The zero-order chi connectivity index (χ0) is 12.7. The Hall–Kier alpha value is -0.650. The van der Waals surface area contributed by atoms with E-state index in [9.17, 15) is 5.11 Å². The molecule has 2 aliphatic rings. The number of thiazole rings is 1. The van der Waals surface area contributed by atoms with E-state index < -0.39 is 0 Å². The monoisotopic (exact) mass is 268 g/mol. The minimum atomic E-state index is -0.295. The lowest BCUT2D eigenvalue weighted by Crippen LogP contribution is -2.45. The molecular formula is C13H20N2O2S. The smallest absolute Gasteiger partial charge is 0.186 e. The van der Waals surface area contributed by atoms with Crippen LogP contribution in [0.25, 0.3) is 0 Å². The maximum absolute atomic E-state index is 10.0. The Morgan fingerprint density at radius 3 is 2.72 bits per heavy atom. The van der Waals surface area contributed by atoms with Crippen molar-refractivity contribution in [2.24, 2.45) is 0 Å². The number of fused-ring (bicyclic) bond motifs is 1. The first-order valence-corrected chi connectivity index (χ1v) is 7.53. The Balaban J connectivity index is 1.84. The Labute approximate surface area is 112 Å². The molecule has 18 heavy (non-hydrogen) atoms. The van der Waals surface area contributed by atoms with Gasteiger partial charge in [0.1, 0.15) is 0 Å². The van der Waals surface area contributed by atoms with E-state index in [4.69, 9.17) is 9.72 Å². The number of nitrogens with zero attached hydrogens (tertiary/aromatic N) is 2. The van der Waals surface area contributed by atoms with E-state index in [0.29, 0.717) is 0 Å². The van der Waals surface area contributed by atoms with E-state index in [1.165, 1.54) is 0 Å². The van der Waals surface area contributed by atoms with Crippen LogP contribution in [0.3, 0.4) is 0 Å². The molecule has 0 aromatic carbocycles. The predicted octanol–water partition coefficient (Wildman–Crippen LogP) is 2.13. The molecule has 3 rings (SSSR count). The molecule has 2 heterocycles. The average Bonchev–Trinajstić information content (AvgIpc) is 2.73. The number of ether oxygens (including phenoxy) is 1. The minimum absolute atomic E-state index is 0.250. The molecule has 1 fully saturated rings. The number of morpholine rings is 1. The van der Waals surface area contributed by atoms with Crippen molar-refractivity contribution < 1.29 is 9.84 Å². The van der Waals surface area contributed by atoms with Crippen LogP contribution in [0.4, 0.5) is 5.13 Å². The summed E-state index contributed by atoms with van der Waals surface area (Å²) in [4.78, 5) is 8.11. The summed E-state index contributed by atoms with van der Waals surface area (Å²) in [5, 5.41) is 11.1. The molecule has 1 aliphatic heterocycles. The molecule has 3 unspecified atom stereocenters. The predicted molar refractivity (Wildman–Crippen MR) is 72.2 cm³/mol. The molecule has 4 nitrogen and oxygen atoms in total. The van der Waals surface area contributed by atoms with Gasteiger partial charge in [0, 0.05) is 13.1 Å². The maximum atomic E-state index is 10.0. The van der Waals surface area contributed by atoms with Crippen LogP contribution in [0.15, 0.2) is 0 Å². The quantitative estimate of drug-likeness (QED) is 0.847. The van der Waals surface area contributed by atoms with Gasteiger partial charge in [0.05, 0.1) is 28.9 Å². The van der Waals surface area contributed by atoms with Crippen LogP contribution < -0.4 is 4.90 Å². The number of aliphatic hydroxyl groups is 1. The number of hydrogen-bond donors (Lipinski definition) is 1. The Kier molecular flexibility index (Phi) is 3.30. The SMILES string of the molecule is CC1CN(c2nc3c(s2)C(O)CCC3)CC(C)O1. The molecule has 1 aromatic rings. The summed E-state index contributed by atoms with van der Waals surface area (Å²) in [6.07, 6.45) is 3.14. The minimum Gasteiger partial charge on any atom is -0.388 e. The van der Waals surface area contributed by atoms with Crippen molar-refractivity contribution in [2.75, 3.05) is 18.0 Å². The van der Waals surface area contributed by atoms with E-state index in [1.54, 1.807) is 11.3 Å². The molecule has 3 atom stereocenters. The molecule has 1 N–H and O–H groups in total. The second kappa shape index (κ2) is 4.79. The van der Waals surface area contributed by atoms with Crippen LogP contribution in [0.5, 0.6) is 0 Å². The third-order valence-electron chi connectivity index (χ3n) is 3.60. The van der Waals surface area contributed by atoms with Crippen LogP contribution in [-0.2, 0) is 11.2 Å². The van der Waals surface area contributed by atoms with Crippen molar-refractivity contribution in [1.29, 1.82) is 0 Å². The van der Waals surface area contributed by atoms with Gasteiger partial charge in [0.15, 0.2) is 5.13 Å². The molecule has 0 saturated carbocycles. The largest absolute Gasteiger partial charge is 0.388 e. The molecule has 0 bridgehead atoms. The molecule has 0 amide bonds. The van der Waals surface area contributed by atoms with Crippen LogP contribution >= 0.6 is 11.3 Å². The fraction of sp³-hybridized carbons (Fsp3) is 0.769. The van der Waals surface area contributed by atoms with Gasteiger partial charge in [-0.1, -0.05) is 11.3 Å². The zero-order valence-electron chi connectivity index (χ0n) is 10.9. The second-order valence-electron chi connectivity index (χ2n) is 5.38. The molecule has 1 aliphatic carbocycles. The fourth-order valence-electron chi connectivity index (χ4n) is 2.85. The first kappa shape index (κ1) is 12.4. The zero-order valence-corrected chi connectivity index (χ0v) is 11.7. The number of hydrogen-bond acceptors (Lipinski definition) is 5. The fourth-order valence-corrected chi connectivity index (χ4v) is 4.00. The third-order valence-corrected chi connectivity index (χ3v) is 4.86. The Morgan fingerprint density at radius 1 is 1.33 bits per heavy atom. The van der Waals surface area contributed by atoms with Crippen molar-refractivity contribution >= 4 is 16.5 Å². The lowest BCUT2D eigenvalue weighted by molar-refractivity contribution is -0.00523.